The van der Waals surface area contributed by atoms with E-state index in [1.807, 2.05) is 31.2 Å². The Labute approximate surface area is 108 Å². The molecule has 3 heteroatoms. The van der Waals surface area contributed by atoms with Gasteiger partial charge >= 0.3 is 5.97 Å². The molecule has 72 valence electrons. The van der Waals surface area contributed by atoms with Gasteiger partial charge in [-0.05, 0) is 23.8 Å². The Morgan fingerprint density at radius 3 is 2.60 bits per heavy atom. The number of hydrogen-bond donors (Lipinski definition) is 1. The van der Waals surface area contributed by atoms with Crippen LogP contribution in [-0.2, 0) is 27.7 Å². The molecule has 2 aromatic rings. The zero-order valence-corrected chi connectivity index (χ0v) is 14.0. The van der Waals surface area contributed by atoms with Crippen molar-refractivity contribution >= 4 is 16.7 Å². The largest absolute Gasteiger partial charge is 0.478 e. The first-order valence-corrected chi connectivity index (χ1v) is 4.41. The van der Waals surface area contributed by atoms with Crippen LogP contribution in [0.1, 0.15) is 15.9 Å². The van der Waals surface area contributed by atoms with E-state index in [9.17, 15) is 4.79 Å². The summed E-state index contributed by atoms with van der Waals surface area (Å²) in [6, 6.07) is 11.1. The van der Waals surface area contributed by atoms with Gasteiger partial charge in [0.25, 0.3) is 0 Å². The second-order valence-electron chi connectivity index (χ2n) is 3.34. The van der Waals surface area contributed by atoms with Crippen LogP contribution in [0, 0.1) is 6.92 Å². The second-order valence-corrected chi connectivity index (χ2v) is 3.34. The normalized spacial score (nSPS) is 9.67. The van der Waals surface area contributed by atoms with Crippen molar-refractivity contribution in [1.29, 1.82) is 0 Å². The predicted octanol–water partition coefficient (Wildman–Crippen LogP) is 2.84. The molecule has 2 aromatic carbocycles. The van der Waals surface area contributed by atoms with Gasteiger partial charge in [0.05, 0.1) is 5.56 Å². The van der Waals surface area contributed by atoms with Gasteiger partial charge in [-0.15, -0.1) is 0 Å². The number of benzene rings is 2. The monoisotopic (exact) mass is 388 g/mol. The number of rotatable bonds is 1. The van der Waals surface area contributed by atoms with Gasteiger partial charge in [-0.25, -0.2) is 4.79 Å². The zero-order chi connectivity index (χ0) is 10.1. The Balaban J connectivity index is 0.00000112. The molecule has 15 heavy (non-hydrogen) atoms. The number of carboxylic acid groups (broad SMARTS) is 1. The first kappa shape index (κ1) is 12.2. The molecule has 2 rings (SSSR count). The standard InChI is InChI=1S/C12H10O2.Hg/c1-8-5-6-10-9(7-8)3-2-4-11(10)12(13)14;/h2-7H,1H3,(H,13,14);. The van der Waals surface area contributed by atoms with Crippen LogP contribution in [0.3, 0.4) is 0 Å². The Hall–Kier alpha value is -0.895. The van der Waals surface area contributed by atoms with Crippen molar-refractivity contribution in [1.82, 2.24) is 0 Å². The molecule has 0 saturated carbocycles. The van der Waals surface area contributed by atoms with E-state index in [1.54, 1.807) is 12.1 Å². The topological polar surface area (TPSA) is 37.3 Å². The van der Waals surface area contributed by atoms with Crippen LogP contribution in [-0.4, -0.2) is 11.1 Å². The maximum Gasteiger partial charge on any atom is 0.336 e. The predicted molar refractivity (Wildman–Crippen MR) is 55.6 cm³/mol. The third-order valence-electron chi connectivity index (χ3n) is 2.27. The summed E-state index contributed by atoms with van der Waals surface area (Å²) in [4.78, 5) is 10.9. The van der Waals surface area contributed by atoms with Crippen molar-refractivity contribution in [3.8, 4) is 0 Å². The molecule has 0 aliphatic heterocycles. The van der Waals surface area contributed by atoms with Crippen molar-refractivity contribution in [3.05, 3.63) is 47.5 Å². The number of carbonyl (C=O) groups is 1. The molecule has 0 bridgehead atoms. The third kappa shape index (κ3) is 2.37. The van der Waals surface area contributed by atoms with E-state index in [0.717, 1.165) is 16.3 Å². The fourth-order valence-electron chi connectivity index (χ4n) is 1.59. The number of hydrogen-bond acceptors (Lipinski definition) is 1. The quantitative estimate of drug-likeness (QED) is 0.765. The minimum Gasteiger partial charge on any atom is -0.478 e. The minimum absolute atomic E-state index is 0. The Morgan fingerprint density at radius 1 is 1.20 bits per heavy atom. The summed E-state index contributed by atoms with van der Waals surface area (Å²) >= 11 is 0. The first-order valence-electron chi connectivity index (χ1n) is 4.41. The van der Waals surface area contributed by atoms with Gasteiger partial charge in [0, 0.05) is 27.7 Å². The summed E-state index contributed by atoms with van der Waals surface area (Å²) in [5.41, 5.74) is 1.50. The summed E-state index contributed by atoms with van der Waals surface area (Å²) in [5, 5.41) is 10.7. The second kappa shape index (κ2) is 4.75. The Kier molecular flexibility index (Phi) is 3.86. The minimum atomic E-state index is -0.876. The summed E-state index contributed by atoms with van der Waals surface area (Å²) in [7, 11) is 0. The van der Waals surface area contributed by atoms with E-state index in [1.165, 1.54) is 0 Å². The molecular formula is C12H10HgO2. The van der Waals surface area contributed by atoms with Crippen LogP contribution in [0.15, 0.2) is 36.4 Å². The van der Waals surface area contributed by atoms with Gasteiger partial charge in [-0.1, -0.05) is 35.9 Å². The van der Waals surface area contributed by atoms with E-state index >= 15 is 0 Å². The summed E-state index contributed by atoms with van der Waals surface area (Å²) < 4.78 is 0. The van der Waals surface area contributed by atoms with Gasteiger partial charge in [0.15, 0.2) is 0 Å². The molecule has 0 aliphatic carbocycles. The molecule has 0 unspecified atom stereocenters. The molecule has 0 saturated heterocycles. The van der Waals surface area contributed by atoms with E-state index in [4.69, 9.17) is 5.11 Å². The van der Waals surface area contributed by atoms with E-state index in [-0.39, 0.29) is 27.7 Å². The Morgan fingerprint density at radius 2 is 1.93 bits per heavy atom. The summed E-state index contributed by atoms with van der Waals surface area (Å²) in [5.74, 6) is -0.876. The van der Waals surface area contributed by atoms with E-state index in [0.29, 0.717) is 5.56 Å². The molecule has 0 aromatic heterocycles. The molecule has 0 fully saturated rings. The van der Waals surface area contributed by atoms with Crippen molar-refractivity contribution in [2.45, 2.75) is 6.92 Å². The van der Waals surface area contributed by atoms with Crippen molar-refractivity contribution < 1.29 is 37.6 Å². The maximum atomic E-state index is 10.9. The average Bonchev–Trinajstić information content (AvgIpc) is 2.16. The summed E-state index contributed by atoms with van der Waals surface area (Å²) in [6.45, 7) is 1.99. The molecule has 2 nitrogen and oxygen atoms in total. The van der Waals surface area contributed by atoms with Gasteiger partial charge in [-0.2, -0.15) is 0 Å². The molecule has 0 radical (unpaired) electrons. The molecule has 1 N–H and O–H groups in total. The molecule has 0 spiro atoms. The molecular weight excluding hydrogens is 377 g/mol. The van der Waals surface area contributed by atoms with Crippen molar-refractivity contribution in [3.63, 3.8) is 0 Å². The van der Waals surface area contributed by atoms with Crippen LogP contribution < -0.4 is 0 Å². The van der Waals surface area contributed by atoms with Gasteiger partial charge < -0.3 is 5.11 Å². The van der Waals surface area contributed by atoms with Crippen LogP contribution in [0.25, 0.3) is 10.8 Å². The molecule has 0 aliphatic rings. The SMILES string of the molecule is Cc1ccc2c(C(=O)O)cccc2c1.[Hg]. The molecule has 0 atom stereocenters. The molecule has 0 amide bonds. The van der Waals surface area contributed by atoms with Crippen LogP contribution in [0.4, 0.5) is 0 Å². The number of aromatic carboxylic acids is 1. The Bertz CT molecular complexity index is 506. The fourth-order valence-corrected chi connectivity index (χ4v) is 1.59. The van der Waals surface area contributed by atoms with Crippen LogP contribution in [0.5, 0.6) is 0 Å². The zero-order valence-electron chi connectivity index (χ0n) is 8.53. The number of fused-ring (bicyclic) bond motifs is 1. The van der Waals surface area contributed by atoms with Crippen LogP contribution in [0.2, 0.25) is 0 Å². The number of aryl methyl sites for hydroxylation is 1. The van der Waals surface area contributed by atoms with Gasteiger partial charge in [0.2, 0.25) is 0 Å². The number of carboxylic acids is 1. The van der Waals surface area contributed by atoms with Gasteiger partial charge in [-0.3, -0.25) is 0 Å². The summed E-state index contributed by atoms with van der Waals surface area (Å²) in [6.07, 6.45) is 0. The smallest absolute Gasteiger partial charge is 0.336 e. The van der Waals surface area contributed by atoms with E-state index < -0.39 is 5.97 Å². The van der Waals surface area contributed by atoms with E-state index in [2.05, 4.69) is 0 Å². The maximum absolute atomic E-state index is 10.9. The fraction of sp³-hybridized carbons (Fsp3) is 0.0833. The molecule has 0 heterocycles. The van der Waals surface area contributed by atoms with Crippen LogP contribution >= 0.6 is 0 Å². The third-order valence-corrected chi connectivity index (χ3v) is 2.27. The van der Waals surface area contributed by atoms with Gasteiger partial charge in [0.1, 0.15) is 0 Å². The van der Waals surface area contributed by atoms with Crippen molar-refractivity contribution in [2.24, 2.45) is 0 Å². The average molecular weight is 387 g/mol. The first-order chi connectivity index (χ1) is 6.68. The van der Waals surface area contributed by atoms with Crippen molar-refractivity contribution in [2.75, 3.05) is 0 Å².